The standard InChI is InChI=1S/C20H23ClN4O3S/c1-2-9-29(27,28)25-18(11-14-3-5-17(21)6-4-14)20(26)24-13-15-10-16-7-8-22-19(16)23-12-15/h3-8,10,12,18,25H,2,9,11,13H2,1H3,(H,22,23)(H,24,26). The van der Waals surface area contributed by atoms with Crippen molar-refractivity contribution in [3.8, 4) is 0 Å². The molecule has 1 unspecified atom stereocenters. The van der Waals surface area contributed by atoms with Crippen LogP contribution in [0, 0.1) is 0 Å². The molecule has 0 aliphatic rings. The van der Waals surface area contributed by atoms with Crippen molar-refractivity contribution in [2.24, 2.45) is 0 Å². The second-order valence-electron chi connectivity index (χ2n) is 6.80. The summed E-state index contributed by atoms with van der Waals surface area (Å²) in [7, 11) is -3.56. The highest BCUT2D eigenvalue weighted by atomic mass is 35.5. The maximum absolute atomic E-state index is 12.8. The number of halogens is 1. The number of H-pyrrole nitrogens is 1. The molecule has 0 bridgehead atoms. The molecule has 0 aliphatic heterocycles. The molecule has 0 fully saturated rings. The van der Waals surface area contributed by atoms with E-state index >= 15 is 0 Å². The number of hydrogen-bond donors (Lipinski definition) is 3. The number of nitrogens with zero attached hydrogens (tertiary/aromatic N) is 1. The number of carbonyl (C=O) groups is 1. The summed E-state index contributed by atoms with van der Waals surface area (Å²) in [5.74, 6) is -0.431. The summed E-state index contributed by atoms with van der Waals surface area (Å²) in [5, 5.41) is 4.33. The van der Waals surface area contributed by atoms with Crippen LogP contribution >= 0.6 is 11.6 Å². The van der Waals surface area contributed by atoms with Crippen molar-refractivity contribution in [3.05, 3.63) is 64.9 Å². The fourth-order valence-electron chi connectivity index (χ4n) is 2.98. The van der Waals surface area contributed by atoms with E-state index in [1.54, 1.807) is 43.6 Å². The summed E-state index contributed by atoms with van der Waals surface area (Å²) in [5.41, 5.74) is 2.41. The number of benzene rings is 1. The number of aromatic amines is 1. The van der Waals surface area contributed by atoms with Gasteiger partial charge in [0.25, 0.3) is 0 Å². The molecule has 2 aromatic heterocycles. The topological polar surface area (TPSA) is 104 Å². The third-order valence-corrected chi connectivity index (χ3v) is 6.23. The van der Waals surface area contributed by atoms with Crippen molar-refractivity contribution in [2.75, 3.05) is 5.75 Å². The van der Waals surface area contributed by atoms with E-state index in [9.17, 15) is 13.2 Å². The molecule has 9 heteroatoms. The maximum atomic E-state index is 12.8. The van der Waals surface area contributed by atoms with Crippen molar-refractivity contribution in [1.29, 1.82) is 0 Å². The van der Waals surface area contributed by atoms with Gasteiger partial charge in [-0.05, 0) is 48.2 Å². The second kappa shape index (κ2) is 9.39. The summed E-state index contributed by atoms with van der Waals surface area (Å²) >= 11 is 5.91. The van der Waals surface area contributed by atoms with Gasteiger partial charge in [0.15, 0.2) is 0 Å². The Morgan fingerprint density at radius 3 is 2.69 bits per heavy atom. The first-order valence-corrected chi connectivity index (χ1v) is 11.3. The van der Waals surface area contributed by atoms with Gasteiger partial charge < -0.3 is 10.3 Å². The molecule has 29 heavy (non-hydrogen) atoms. The first-order chi connectivity index (χ1) is 13.9. The number of fused-ring (bicyclic) bond motifs is 1. The Hall–Kier alpha value is -2.42. The molecule has 3 rings (SSSR count). The van der Waals surface area contributed by atoms with Gasteiger partial charge in [0, 0.05) is 29.3 Å². The fraction of sp³-hybridized carbons (Fsp3) is 0.300. The van der Waals surface area contributed by atoms with E-state index in [4.69, 9.17) is 11.6 Å². The molecule has 0 aliphatic carbocycles. The molecule has 1 amide bonds. The highest BCUT2D eigenvalue weighted by Crippen LogP contribution is 2.13. The molecule has 3 aromatic rings. The summed E-state index contributed by atoms with van der Waals surface area (Å²) in [4.78, 5) is 20.1. The van der Waals surface area contributed by atoms with E-state index in [0.29, 0.717) is 11.4 Å². The predicted molar refractivity (Wildman–Crippen MR) is 114 cm³/mol. The van der Waals surface area contributed by atoms with Gasteiger partial charge in [-0.1, -0.05) is 30.7 Å². The number of amides is 1. The Bertz CT molecular complexity index is 1080. The van der Waals surface area contributed by atoms with E-state index in [-0.39, 0.29) is 18.7 Å². The van der Waals surface area contributed by atoms with Crippen LogP contribution in [0.1, 0.15) is 24.5 Å². The second-order valence-corrected chi connectivity index (χ2v) is 9.11. The van der Waals surface area contributed by atoms with Crippen molar-refractivity contribution >= 4 is 38.6 Å². The highest BCUT2D eigenvalue weighted by Gasteiger charge is 2.24. The Morgan fingerprint density at radius 1 is 1.21 bits per heavy atom. The quantitative estimate of drug-likeness (QED) is 0.481. The zero-order valence-electron chi connectivity index (χ0n) is 16.0. The molecule has 0 saturated heterocycles. The number of hydrogen-bond acceptors (Lipinski definition) is 4. The van der Waals surface area contributed by atoms with Gasteiger partial charge in [0.1, 0.15) is 11.7 Å². The summed E-state index contributed by atoms with van der Waals surface area (Å²) in [6, 6.07) is 9.89. The number of rotatable bonds is 9. The number of pyridine rings is 1. The molecule has 7 nitrogen and oxygen atoms in total. The van der Waals surface area contributed by atoms with Gasteiger partial charge in [-0.3, -0.25) is 4.79 Å². The van der Waals surface area contributed by atoms with Gasteiger partial charge in [-0.15, -0.1) is 0 Å². The molecular formula is C20H23ClN4O3S. The molecule has 0 saturated carbocycles. The lowest BCUT2D eigenvalue weighted by Crippen LogP contribution is -2.48. The van der Waals surface area contributed by atoms with Crippen LogP contribution in [0.2, 0.25) is 5.02 Å². The Morgan fingerprint density at radius 2 is 1.97 bits per heavy atom. The lowest BCUT2D eigenvalue weighted by molar-refractivity contribution is -0.122. The zero-order valence-corrected chi connectivity index (χ0v) is 17.6. The third-order valence-electron chi connectivity index (χ3n) is 4.39. The normalized spacial score (nSPS) is 12.8. The zero-order chi connectivity index (χ0) is 20.9. The molecule has 3 N–H and O–H groups in total. The van der Waals surface area contributed by atoms with Gasteiger partial charge in [-0.25, -0.2) is 18.1 Å². The van der Waals surface area contributed by atoms with Crippen LogP contribution in [0.25, 0.3) is 11.0 Å². The smallest absolute Gasteiger partial charge is 0.238 e. The number of sulfonamides is 1. The number of carbonyl (C=O) groups excluding carboxylic acids is 1. The van der Waals surface area contributed by atoms with Gasteiger partial charge >= 0.3 is 0 Å². The van der Waals surface area contributed by atoms with Crippen LogP contribution in [-0.2, 0) is 27.8 Å². The molecule has 154 valence electrons. The van der Waals surface area contributed by atoms with Gasteiger partial charge in [0.05, 0.1) is 5.75 Å². The minimum Gasteiger partial charge on any atom is -0.351 e. The van der Waals surface area contributed by atoms with E-state index in [1.807, 2.05) is 12.1 Å². The third kappa shape index (κ3) is 6.03. The van der Waals surface area contributed by atoms with Crippen LogP contribution in [0.5, 0.6) is 0 Å². The molecular weight excluding hydrogens is 412 g/mol. The van der Waals surface area contributed by atoms with Crippen molar-refractivity contribution in [2.45, 2.75) is 32.4 Å². The minimum absolute atomic E-state index is 0.0362. The number of nitrogens with one attached hydrogen (secondary N) is 3. The lowest BCUT2D eigenvalue weighted by Gasteiger charge is -2.19. The average molecular weight is 435 g/mol. The summed E-state index contributed by atoms with van der Waals surface area (Å²) in [6.07, 6.45) is 4.16. The lowest BCUT2D eigenvalue weighted by atomic mass is 10.1. The van der Waals surface area contributed by atoms with Crippen LogP contribution in [0.15, 0.2) is 48.8 Å². The molecule has 0 radical (unpaired) electrons. The first-order valence-electron chi connectivity index (χ1n) is 9.30. The molecule has 1 aromatic carbocycles. The largest absolute Gasteiger partial charge is 0.351 e. The van der Waals surface area contributed by atoms with Crippen molar-refractivity contribution < 1.29 is 13.2 Å². The summed E-state index contributed by atoms with van der Waals surface area (Å²) in [6.45, 7) is 2.03. The highest BCUT2D eigenvalue weighted by molar-refractivity contribution is 7.89. The molecule has 0 spiro atoms. The fourth-order valence-corrected chi connectivity index (χ4v) is 4.39. The monoisotopic (exact) mass is 434 g/mol. The maximum Gasteiger partial charge on any atom is 0.238 e. The van der Waals surface area contributed by atoms with Crippen molar-refractivity contribution in [3.63, 3.8) is 0 Å². The SMILES string of the molecule is CCCS(=O)(=O)NC(Cc1ccc(Cl)cc1)C(=O)NCc1cnc2[nH]ccc2c1. The van der Waals surface area contributed by atoms with Crippen LogP contribution in [-0.4, -0.2) is 36.1 Å². The first kappa shape index (κ1) is 21.3. The van der Waals surface area contributed by atoms with Crippen LogP contribution in [0.3, 0.4) is 0 Å². The van der Waals surface area contributed by atoms with E-state index < -0.39 is 22.0 Å². The van der Waals surface area contributed by atoms with Gasteiger partial charge in [0.2, 0.25) is 15.9 Å². The Balaban J connectivity index is 1.72. The van der Waals surface area contributed by atoms with Gasteiger partial charge in [-0.2, -0.15) is 0 Å². The predicted octanol–water partition coefficient (Wildman–Crippen LogP) is 2.77. The summed E-state index contributed by atoms with van der Waals surface area (Å²) < 4.78 is 27.0. The average Bonchev–Trinajstić information content (AvgIpc) is 3.15. The Labute approximate surface area is 174 Å². The molecule has 2 heterocycles. The van der Waals surface area contributed by atoms with E-state index in [1.165, 1.54) is 0 Å². The number of aromatic nitrogens is 2. The van der Waals surface area contributed by atoms with Crippen molar-refractivity contribution in [1.82, 2.24) is 20.0 Å². The van der Waals surface area contributed by atoms with Crippen LogP contribution in [0.4, 0.5) is 0 Å². The van der Waals surface area contributed by atoms with E-state index in [2.05, 4.69) is 20.0 Å². The molecule has 1 atom stereocenters. The Kier molecular flexibility index (Phi) is 6.89. The van der Waals surface area contributed by atoms with Crippen LogP contribution < -0.4 is 10.0 Å². The minimum atomic E-state index is -3.56. The van der Waals surface area contributed by atoms with E-state index in [0.717, 1.165) is 22.2 Å².